The molecule has 0 spiro atoms. The van der Waals surface area contributed by atoms with Crippen molar-refractivity contribution >= 4 is 11.5 Å². The smallest absolute Gasteiger partial charge is 0.158 e. The number of hydrazine groups is 1. The van der Waals surface area contributed by atoms with Crippen molar-refractivity contribution in [3.63, 3.8) is 0 Å². The summed E-state index contributed by atoms with van der Waals surface area (Å²) in [7, 11) is 0. The molecule has 90 valence electrons. The van der Waals surface area contributed by atoms with Crippen molar-refractivity contribution in [3.8, 4) is 0 Å². The van der Waals surface area contributed by atoms with Gasteiger partial charge in [0.15, 0.2) is 5.78 Å². The number of rotatable bonds is 3. The Bertz CT molecular complexity index is 435. The van der Waals surface area contributed by atoms with Gasteiger partial charge in [-0.05, 0) is 24.0 Å². The molecule has 0 bridgehead atoms. The van der Waals surface area contributed by atoms with Crippen LogP contribution in [0.25, 0.3) is 0 Å². The monoisotopic (exact) mass is 230 g/mol. The van der Waals surface area contributed by atoms with Gasteiger partial charge in [-0.2, -0.15) is 0 Å². The van der Waals surface area contributed by atoms with Crippen molar-refractivity contribution in [1.29, 1.82) is 0 Å². The molecule has 0 amide bonds. The highest BCUT2D eigenvalue weighted by molar-refractivity contribution is 5.91. The predicted octanol–water partition coefficient (Wildman–Crippen LogP) is 2.88. The van der Waals surface area contributed by atoms with E-state index in [0.717, 1.165) is 17.8 Å². The summed E-state index contributed by atoms with van der Waals surface area (Å²) in [5, 5.41) is 0. The molecule has 3 heteroatoms. The number of nitrogens with one attached hydrogen (secondary N) is 2. The van der Waals surface area contributed by atoms with Crippen molar-refractivity contribution in [2.45, 2.75) is 26.7 Å². The Balaban J connectivity index is 1.98. The molecular formula is C14H18N2O. The summed E-state index contributed by atoms with van der Waals surface area (Å²) in [5.41, 5.74) is 8.21. The summed E-state index contributed by atoms with van der Waals surface area (Å²) >= 11 is 0. The summed E-state index contributed by atoms with van der Waals surface area (Å²) in [5.74, 6) is 0.193. The van der Waals surface area contributed by atoms with Crippen molar-refractivity contribution < 1.29 is 4.79 Å². The van der Waals surface area contributed by atoms with Crippen LogP contribution in [-0.2, 0) is 4.79 Å². The van der Waals surface area contributed by atoms with Crippen LogP contribution in [0.2, 0.25) is 0 Å². The van der Waals surface area contributed by atoms with E-state index in [9.17, 15) is 4.79 Å². The van der Waals surface area contributed by atoms with E-state index >= 15 is 0 Å². The van der Waals surface area contributed by atoms with Crippen molar-refractivity contribution in [3.05, 3.63) is 42.1 Å². The van der Waals surface area contributed by atoms with Crippen LogP contribution >= 0.6 is 0 Å². The SMILES string of the molecule is CC1(C)CC(=O)C=C(NNc2ccccc2)C1. The van der Waals surface area contributed by atoms with Gasteiger partial charge in [0.1, 0.15) is 0 Å². The first-order valence-electron chi connectivity index (χ1n) is 5.86. The Hall–Kier alpha value is -1.77. The largest absolute Gasteiger partial charge is 0.305 e. The number of para-hydroxylation sites is 1. The third-order valence-electron chi connectivity index (χ3n) is 2.80. The lowest BCUT2D eigenvalue weighted by Gasteiger charge is -2.29. The highest BCUT2D eigenvalue weighted by Gasteiger charge is 2.27. The standard InChI is InChI=1S/C14H18N2O/c1-14(2)9-12(8-13(17)10-14)16-15-11-6-4-3-5-7-11/h3-8,15-16H,9-10H2,1-2H3. The number of hydrogen-bond acceptors (Lipinski definition) is 3. The van der Waals surface area contributed by atoms with Crippen LogP contribution in [0.1, 0.15) is 26.7 Å². The lowest BCUT2D eigenvalue weighted by molar-refractivity contribution is -0.117. The van der Waals surface area contributed by atoms with Crippen LogP contribution < -0.4 is 10.9 Å². The first-order chi connectivity index (χ1) is 8.05. The second-order valence-electron chi connectivity index (χ2n) is 5.27. The van der Waals surface area contributed by atoms with Crippen LogP contribution in [0.3, 0.4) is 0 Å². The van der Waals surface area contributed by atoms with E-state index in [4.69, 9.17) is 0 Å². The number of ketones is 1. The lowest BCUT2D eigenvalue weighted by Crippen LogP contribution is -2.30. The van der Waals surface area contributed by atoms with Crippen molar-refractivity contribution in [2.24, 2.45) is 5.41 Å². The number of anilines is 1. The molecule has 3 nitrogen and oxygen atoms in total. The fourth-order valence-electron chi connectivity index (χ4n) is 2.10. The molecule has 0 fully saturated rings. The van der Waals surface area contributed by atoms with Crippen molar-refractivity contribution in [1.82, 2.24) is 5.43 Å². The maximum atomic E-state index is 11.6. The van der Waals surface area contributed by atoms with Gasteiger partial charge in [0.05, 0.1) is 5.69 Å². The van der Waals surface area contributed by atoms with E-state index in [0.29, 0.717) is 6.42 Å². The molecule has 1 aromatic rings. The maximum absolute atomic E-state index is 11.6. The lowest BCUT2D eigenvalue weighted by atomic mass is 9.79. The van der Waals surface area contributed by atoms with Crippen LogP contribution in [-0.4, -0.2) is 5.78 Å². The summed E-state index contributed by atoms with van der Waals surface area (Å²) in [6.45, 7) is 4.23. The number of carbonyl (C=O) groups is 1. The van der Waals surface area contributed by atoms with Gasteiger partial charge in [0.2, 0.25) is 0 Å². The Morgan fingerprint density at radius 2 is 1.76 bits per heavy atom. The number of hydrogen-bond donors (Lipinski definition) is 2. The number of carbonyl (C=O) groups excluding carboxylic acids is 1. The molecule has 2 rings (SSSR count). The molecule has 0 aromatic heterocycles. The van der Waals surface area contributed by atoms with Crippen molar-refractivity contribution in [2.75, 3.05) is 5.43 Å². The molecule has 0 saturated heterocycles. The molecule has 0 saturated carbocycles. The normalized spacial score (nSPS) is 18.5. The van der Waals surface area contributed by atoms with Gasteiger partial charge in [-0.15, -0.1) is 0 Å². The molecule has 0 unspecified atom stereocenters. The molecule has 1 aliphatic rings. The Labute approximate surface area is 102 Å². The Morgan fingerprint density at radius 3 is 2.41 bits per heavy atom. The highest BCUT2D eigenvalue weighted by Crippen LogP contribution is 2.32. The second kappa shape index (κ2) is 4.62. The van der Waals surface area contributed by atoms with E-state index in [1.54, 1.807) is 6.08 Å². The summed E-state index contributed by atoms with van der Waals surface area (Å²) in [6, 6.07) is 9.85. The topological polar surface area (TPSA) is 41.1 Å². The molecular weight excluding hydrogens is 212 g/mol. The molecule has 1 aliphatic carbocycles. The average Bonchev–Trinajstić information content (AvgIpc) is 2.25. The minimum atomic E-state index is 0.0481. The molecule has 1 aromatic carbocycles. The zero-order valence-corrected chi connectivity index (χ0v) is 10.3. The average molecular weight is 230 g/mol. The van der Waals surface area contributed by atoms with Gasteiger partial charge in [0.25, 0.3) is 0 Å². The van der Waals surface area contributed by atoms with Gasteiger partial charge in [-0.25, -0.2) is 0 Å². The fraction of sp³-hybridized carbons (Fsp3) is 0.357. The molecule has 17 heavy (non-hydrogen) atoms. The third kappa shape index (κ3) is 3.34. The van der Waals surface area contributed by atoms with Gasteiger partial charge in [-0.1, -0.05) is 32.0 Å². The first-order valence-corrected chi connectivity index (χ1v) is 5.86. The minimum Gasteiger partial charge on any atom is -0.305 e. The van der Waals surface area contributed by atoms with E-state index < -0.39 is 0 Å². The van der Waals surface area contributed by atoms with E-state index in [1.807, 2.05) is 30.3 Å². The van der Waals surface area contributed by atoms with Crippen LogP contribution in [0, 0.1) is 5.41 Å². The fourth-order valence-corrected chi connectivity index (χ4v) is 2.10. The molecule has 0 radical (unpaired) electrons. The Kier molecular flexibility index (Phi) is 3.18. The summed E-state index contributed by atoms with van der Waals surface area (Å²) in [4.78, 5) is 11.6. The zero-order valence-electron chi connectivity index (χ0n) is 10.3. The van der Waals surface area contributed by atoms with Crippen LogP contribution in [0.4, 0.5) is 5.69 Å². The Morgan fingerprint density at radius 1 is 1.06 bits per heavy atom. The van der Waals surface area contributed by atoms with E-state index in [1.165, 1.54) is 0 Å². The molecule has 0 atom stereocenters. The summed E-state index contributed by atoms with van der Waals surface area (Å²) < 4.78 is 0. The molecule has 0 aliphatic heterocycles. The first kappa shape index (κ1) is 11.7. The minimum absolute atomic E-state index is 0.0481. The van der Waals surface area contributed by atoms with Gasteiger partial charge in [0, 0.05) is 18.2 Å². The maximum Gasteiger partial charge on any atom is 0.158 e. The number of benzene rings is 1. The molecule has 0 heterocycles. The van der Waals surface area contributed by atoms with Gasteiger partial charge < -0.3 is 10.9 Å². The van der Waals surface area contributed by atoms with Crippen LogP contribution in [0.15, 0.2) is 42.1 Å². The van der Waals surface area contributed by atoms with Crippen LogP contribution in [0.5, 0.6) is 0 Å². The zero-order chi connectivity index (χ0) is 12.3. The molecule has 2 N–H and O–H groups in total. The van der Waals surface area contributed by atoms with Gasteiger partial charge >= 0.3 is 0 Å². The third-order valence-corrected chi connectivity index (χ3v) is 2.80. The quantitative estimate of drug-likeness (QED) is 0.784. The highest BCUT2D eigenvalue weighted by atomic mass is 16.1. The number of allylic oxidation sites excluding steroid dienone is 2. The summed E-state index contributed by atoms with van der Waals surface area (Å²) in [6.07, 6.45) is 3.21. The van der Waals surface area contributed by atoms with Gasteiger partial charge in [-0.3, -0.25) is 4.79 Å². The predicted molar refractivity (Wildman–Crippen MR) is 69.3 cm³/mol. The van der Waals surface area contributed by atoms with E-state index in [2.05, 4.69) is 24.7 Å². The van der Waals surface area contributed by atoms with E-state index in [-0.39, 0.29) is 11.2 Å². The second-order valence-corrected chi connectivity index (χ2v) is 5.27.